The highest BCUT2D eigenvalue weighted by molar-refractivity contribution is 8.26. The number of hydrazine groups is 1. The zero-order valence-electron chi connectivity index (χ0n) is 20.8. The Hall–Kier alpha value is -2.69. The molecule has 38 heavy (non-hydrogen) atoms. The van der Waals surface area contributed by atoms with Crippen LogP contribution in [0.25, 0.3) is 6.08 Å². The Morgan fingerprint density at radius 3 is 2.37 bits per heavy atom. The molecule has 2 aromatic carbocycles. The molecule has 4 aliphatic carbocycles. The van der Waals surface area contributed by atoms with E-state index in [9.17, 15) is 19.7 Å². The van der Waals surface area contributed by atoms with Gasteiger partial charge in [-0.1, -0.05) is 47.3 Å². The maximum absolute atomic E-state index is 13.5. The Morgan fingerprint density at radius 1 is 1.13 bits per heavy atom. The molecule has 5 fully saturated rings. The summed E-state index contributed by atoms with van der Waals surface area (Å²) in [5, 5.41) is 13.0. The smallest absolute Gasteiger partial charge is 0.273 e. The average Bonchev–Trinajstić information content (AvgIpc) is 3.12. The van der Waals surface area contributed by atoms with Gasteiger partial charge in [0.25, 0.3) is 11.6 Å². The quantitative estimate of drug-likeness (QED) is 0.185. The average molecular weight is 566 g/mol. The van der Waals surface area contributed by atoms with Crippen LogP contribution in [0.5, 0.6) is 0 Å². The van der Waals surface area contributed by atoms with Gasteiger partial charge in [-0.2, -0.15) is 5.01 Å². The number of hydrogen-bond donors (Lipinski definition) is 1. The van der Waals surface area contributed by atoms with Crippen molar-refractivity contribution in [2.45, 2.75) is 55.2 Å². The molecule has 2 amide bonds. The highest BCUT2D eigenvalue weighted by Gasteiger charge is 2.55. The SMILES string of the molecule is Cc1ccc(Sc2ccc(/C=C3\SC(=S)N(NC(=O)C45CC6CC(CC(C6)C4)C5)C3=O)cc2[N+](=O)[O-])cc1. The van der Waals surface area contributed by atoms with E-state index in [1.165, 1.54) is 42.1 Å². The van der Waals surface area contributed by atoms with Gasteiger partial charge in [0.15, 0.2) is 4.32 Å². The lowest BCUT2D eigenvalue weighted by Gasteiger charge is -2.55. The first-order valence-corrected chi connectivity index (χ1v) is 14.9. The minimum atomic E-state index is -0.412. The molecular weight excluding hydrogens is 539 g/mol. The molecular formula is C28H27N3O4S3. The van der Waals surface area contributed by atoms with Crippen molar-refractivity contribution < 1.29 is 14.5 Å². The number of amides is 2. The lowest BCUT2D eigenvalue weighted by molar-refractivity contribution is -0.387. The third-order valence-electron chi connectivity index (χ3n) is 8.25. The molecule has 0 atom stereocenters. The van der Waals surface area contributed by atoms with Crippen LogP contribution in [-0.2, 0) is 9.59 Å². The number of nitro benzene ring substituents is 1. The van der Waals surface area contributed by atoms with Crippen molar-refractivity contribution in [1.29, 1.82) is 0 Å². The molecule has 10 heteroatoms. The van der Waals surface area contributed by atoms with E-state index in [1.54, 1.807) is 18.2 Å². The number of nitrogens with one attached hydrogen (secondary N) is 1. The summed E-state index contributed by atoms with van der Waals surface area (Å²) in [7, 11) is 0. The number of nitro groups is 1. The summed E-state index contributed by atoms with van der Waals surface area (Å²) in [6.45, 7) is 1.99. The number of nitrogens with zero attached hydrogens (tertiary/aromatic N) is 2. The van der Waals surface area contributed by atoms with E-state index in [2.05, 4.69) is 5.43 Å². The second kappa shape index (κ2) is 9.81. The molecule has 4 bridgehead atoms. The van der Waals surface area contributed by atoms with Gasteiger partial charge in [0, 0.05) is 11.0 Å². The van der Waals surface area contributed by atoms with Crippen LogP contribution >= 0.6 is 35.7 Å². The van der Waals surface area contributed by atoms with Gasteiger partial charge < -0.3 is 0 Å². The van der Waals surface area contributed by atoms with Crippen molar-refractivity contribution in [2.24, 2.45) is 23.2 Å². The van der Waals surface area contributed by atoms with Crippen LogP contribution in [0.2, 0.25) is 0 Å². The van der Waals surface area contributed by atoms with E-state index in [1.807, 2.05) is 31.2 Å². The molecule has 2 aromatic rings. The molecule has 7 nitrogen and oxygen atoms in total. The molecule has 4 saturated carbocycles. The summed E-state index contributed by atoms with van der Waals surface area (Å²) in [5.41, 5.74) is 4.07. The van der Waals surface area contributed by atoms with Crippen LogP contribution < -0.4 is 5.43 Å². The van der Waals surface area contributed by atoms with Gasteiger partial charge in [0.2, 0.25) is 5.91 Å². The molecule has 0 aromatic heterocycles. The number of benzene rings is 2. The van der Waals surface area contributed by atoms with Crippen molar-refractivity contribution in [1.82, 2.24) is 10.4 Å². The number of carbonyl (C=O) groups excluding carboxylic acids is 2. The number of thiocarbonyl (C=S) groups is 1. The predicted octanol–water partition coefficient (Wildman–Crippen LogP) is 6.50. The molecule has 7 rings (SSSR count). The lowest BCUT2D eigenvalue weighted by atomic mass is 9.49. The zero-order chi connectivity index (χ0) is 26.6. The largest absolute Gasteiger partial charge is 0.285 e. The monoisotopic (exact) mass is 565 g/mol. The summed E-state index contributed by atoms with van der Waals surface area (Å²) in [4.78, 5) is 39.9. The zero-order valence-corrected chi connectivity index (χ0v) is 23.3. The fourth-order valence-electron chi connectivity index (χ4n) is 6.91. The van der Waals surface area contributed by atoms with Crippen LogP contribution in [-0.4, -0.2) is 26.1 Å². The topological polar surface area (TPSA) is 92.6 Å². The molecule has 1 N–H and O–H groups in total. The third kappa shape index (κ3) is 4.78. The van der Waals surface area contributed by atoms with E-state index in [0.717, 1.165) is 41.5 Å². The standard InChI is InChI=1S/C28H27N3O4S3/c1-16-2-5-21(6-3-16)37-23-7-4-17(11-22(23)31(34)35)12-24-25(32)30(27(36)38-24)29-26(33)28-13-18-8-19(14-28)10-20(9-18)15-28/h2-7,11-12,18-20H,8-10,13-15H2,1H3,(H,29,33)/b24-12-. The van der Waals surface area contributed by atoms with Gasteiger partial charge in [0.1, 0.15) is 0 Å². The Balaban J connectivity index is 1.19. The number of hydrogen-bond acceptors (Lipinski definition) is 7. The van der Waals surface area contributed by atoms with E-state index >= 15 is 0 Å². The Kier molecular flexibility index (Phi) is 6.60. The Bertz CT molecular complexity index is 1350. The van der Waals surface area contributed by atoms with Gasteiger partial charge >= 0.3 is 0 Å². The summed E-state index contributed by atoms with van der Waals surface area (Å²) >= 11 is 7.86. The van der Waals surface area contributed by atoms with E-state index in [4.69, 9.17) is 12.2 Å². The van der Waals surface area contributed by atoms with Gasteiger partial charge in [-0.25, -0.2) is 0 Å². The van der Waals surface area contributed by atoms with Crippen molar-refractivity contribution in [2.75, 3.05) is 0 Å². The summed E-state index contributed by atoms with van der Waals surface area (Å²) < 4.78 is 0.264. The van der Waals surface area contributed by atoms with Crippen LogP contribution in [0.3, 0.4) is 0 Å². The lowest BCUT2D eigenvalue weighted by Crippen LogP contribution is -2.57. The first-order valence-electron chi connectivity index (χ1n) is 12.8. The van der Waals surface area contributed by atoms with Gasteiger partial charge in [0.05, 0.1) is 20.1 Å². The van der Waals surface area contributed by atoms with E-state index in [0.29, 0.717) is 33.1 Å². The maximum atomic E-state index is 13.5. The molecule has 1 saturated heterocycles. The highest BCUT2D eigenvalue weighted by Crippen LogP contribution is 2.60. The highest BCUT2D eigenvalue weighted by atomic mass is 32.2. The second-order valence-electron chi connectivity index (χ2n) is 11.1. The summed E-state index contributed by atoms with van der Waals surface area (Å²) in [6, 6.07) is 12.7. The summed E-state index contributed by atoms with van der Waals surface area (Å²) in [6.07, 6.45) is 7.97. The maximum Gasteiger partial charge on any atom is 0.285 e. The van der Waals surface area contributed by atoms with Crippen LogP contribution in [0.1, 0.15) is 49.7 Å². The molecule has 0 spiro atoms. The normalized spacial score (nSPS) is 28.8. The first-order chi connectivity index (χ1) is 18.2. The van der Waals surface area contributed by atoms with E-state index in [-0.39, 0.29) is 15.9 Å². The number of rotatable bonds is 6. The Labute approximate surface area is 234 Å². The first kappa shape index (κ1) is 25.6. The van der Waals surface area contributed by atoms with Crippen molar-refractivity contribution >= 4 is 63.6 Å². The second-order valence-corrected chi connectivity index (χ2v) is 13.8. The fraction of sp³-hybridized carbons (Fsp3) is 0.393. The van der Waals surface area contributed by atoms with Gasteiger partial charge in [-0.05, 0) is 105 Å². The van der Waals surface area contributed by atoms with Crippen LogP contribution in [0, 0.1) is 40.2 Å². The number of carbonyl (C=O) groups is 2. The number of aryl methyl sites for hydroxylation is 1. The van der Waals surface area contributed by atoms with Crippen LogP contribution in [0.4, 0.5) is 5.69 Å². The molecule has 0 unspecified atom stereocenters. The van der Waals surface area contributed by atoms with Crippen molar-refractivity contribution in [3.8, 4) is 0 Å². The minimum Gasteiger partial charge on any atom is -0.273 e. The van der Waals surface area contributed by atoms with Gasteiger partial charge in [-0.3, -0.25) is 25.1 Å². The van der Waals surface area contributed by atoms with Gasteiger partial charge in [-0.15, -0.1) is 0 Å². The van der Waals surface area contributed by atoms with Crippen LogP contribution in [0.15, 0.2) is 57.2 Å². The Morgan fingerprint density at radius 2 is 1.76 bits per heavy atom. The van der Waals surface area contributed by atoms with E-state index < -0.39 is 16.2 Å². The molecule has 1 aliphatic heterocycles. The number of thioether (sulfide) groups is 1. The fourth-order valence-corrected chi connectivity index (χ4v) is 8.99. The molecule has 0 radical (unpaired) electrons. The van der Waals surface area contributed by atoms with Crippen molar-refractivity contribution in [3.63, 3.8) is 0 Å². The summed E-state index contributed by atoms with van der Waals surface area (Å²) in [5.74, 6) is 1.34. The predicted molar refractivity (Wildman–Crippen MR) is 152 cm³/mol. The molecule has 196 valence electrons. The molecule has 5 aliphatic rings. The molecule has 1 heterocycles. The van der Waals surface area contributed by atoms with Crippen molar-refractivity contribution in [3.05, 3.63) is 68.6 Å². The third-order valence-corrected chi connectivity index (χ3v) is 10.6. The minimum absolute atomic E-state index is 0.0325.